The van der Waals surface area contributed by atoms with Gasteiger partial charge in [0, 0.05) is 12.6 Å². The zero-order valence-corrected chi connectivity index (χ0v) is 7.97. The fraction of sp³-hybridized carbons (Fsp3) is 0.200. The molecule has 4 heteroatoms. The molecule has 0 bridgehead atoms. The van der Waals surface area contributed by atoms with Gasteiger partial charge in [0.2, 0.25) is 0 Å². The lowest BCUT2D eigenvalue weighted by molar-refractivity contribution is -0.129. The molecule has 0 fully saturated rings. The van der Waals surface area contributed by atoms with Crippen LogP contribution in [0.4, 0.5) is 0 Å². The molecular weight excluding hydrogens is 180 g/mol. The first-order valence-electron chi connectivity index (χ1n) is 4.17. The molecule has 1 aliphatic rings. The maximum absolute atomic E-state index is 10.8. The Hall–Kier alpha value is -1.84. The summed E-state index contributed by atoms with van der Waals surface area (Å²) < 4.78 is 0. The highest BCUT2D eigenvalue weighted by Gasteiger charge is 2.12. The molecular formula is C10H12N2O2. The zero-order chi connectivity index (χ0) is 10.6. The van der Waals surface area contributed by atoms with Gasteiger partial charge in [0.25, 0.3) is 0 Å². The number of carbonyl (C=O) groups is 1. The average molecular weight is 192 g/mol. The normalized spacial score (nSPS) is 21.6. The topological polar surface area (TPSA) is 52.9 Å². The third kappa shape index (κ3) is 2.58. The highest BCUT2D eigenvalue weighted by molar-refractivity contribution is 6.43. The van der Waals surface area contributed by atoms with Gasteiger partial charge in [-0.15, -0.1) is 0 Å². The molecule has 0 aliphatic carbocycles. The van der Waals surface area contributed by atoms with Crippen LogP contribution in [0.25, 0.3) is 0 Å². The van der Waals surface area contributed by atoms with E-state index >= 15 is 0 Å². The van der Waals surface area contributed by atoms with Crippen LogP contribution in [0.1, 0.15) is 0 Å². The van der Waals surface area contributed by atoms with Gasteiger partial charge < -0.3 is 5.11 Å². The van der Waals surface area contributed by atoms with Crippen molar-refractivity contribution in [3.8, 4) is 0 Å². The van der Waals surface area contributed by atoms with Gasteiger partial charge >= 0.3 is 5.97 Å². The molecule has 0 aromatic rings. The van der Waals surface area contributed by atoms with Gasteiger partial charge in [-0.1, -0.05) is 30.9 Å². The number of likely N-dealkylation sites (N-methyl/N-ethyl adjacent to an activating group) is 1. The van der Waals surface area contributed by atoms with Crippen molar-refractivity contribution in [2.45, 2.75) is 0 Å². The number of carboxylic acid groups (broad SMARTS) is 1. The van der Waals surface area contributed by atoms with Gasteiger partial charge in [0.05, 0.1) is 6.54 Å². The molecule has 0 amide bonds. The van der Waals surface area contributed by atoms with Gasteiger partial charge in [0.15, 0.2) is 5.71 Å². The minimum absolute atomic E-state index is 0.0209. The van der Waals surface area contributed by atoms with Crippen molar-refractivity contribution in [1.29, 1.82) is 0 Å². The Morgan fingerprint density at radius 3 is 3.00 bits per heavy atom. The van der Waals surface area contributed by atoms with Crippen LogP contribution < -0.4 is 0 Å². The van der Waals surface area contributed by atoms with E-state index in [4.69, 9.17) is 5.11 Å². The number of hydrogen-bond donors (Lipinski definition) is 1. The number of hydrazone groups is 1. The lowest BCUT2D eigenvalue weighted by atomic mass is 10.1. The quantitative estimate of drug-likeness (QED) is 0.675. The van der Waals surface area contributed by atoms with Crippen LogP contribution in [0.3, 0.4) is 0 Å². The first-order valence-corrected chi connectivity index (χ1v) is 4.17. The summed E-state index contributed by atoms with van der Waals surface area (Å²) in [6.07, 6.45) is 7.10. The number of allylic oxidation sites excluding steroid dienone is 3. The Labute approximate surface area is 82.5 Å². The van der Waals surface area contributed by atoms with Crippen molar-refractivity contribution < 1.29 is 9.90 Å². The van der Waals surface area contributed by atoms with Crippen molar-refractivity contribution in [2.75, 3.05) is 13.6 Å². The van der Waals surface area contributed by atoms with Crippen molar-refractivity contribution in [3.05, 3.63) is 36.5 Å². The van der Waals surface area contributed by atoms with E-state index in [9.17, 15) is 4.79 Å². The minimum Gasteiger partial charge on any atom is -0.476 e. The maximum atomic E-state index is 10.8. The minimum atomic E-state index is -1.06. The van der Waals surface area contributed by atoms with Gasteiger partial charge in [-0.05, 0) is 0 Å². The predicted octanol–water partition coefficient (Wildman–Crippen LogP) is 1.04. The highest BCUT2D eigenvalue weighted by Crippen LogP contribution is 2.03. The summed E-state index contributed by atoms with van der Waals surface area (Å²) in [6, 6.07) is 0. The number of rotatable bonds is 1. The van der Waals surface area contributed by atoms with E-state index < -0.39 is 5.97 Å². The molecule has 74 valence electrons. The van der Waals surface area contributed by atoms with Crippen LogP contribution in [-0.2, 0) is 4.79 Å². The highest BCUT2D eigenvalue weighted by atomic mass is 16.4. The fourth-order valence-corrected chi connectivity index (χ4v) is 0.999. The summed E-state index contributed by atoms with van der Waals surface area (Å²) in [5, 5.41) is 14.3. The van der Waals surface area contributed by atoms with E-state index in [-0.39, 0.29) is 5.71 Å². The molecule has 0 aromatic carbocycles. The summed E-state index contributed by atoms with van der Waals surface area (Å²) in [6.45, 7) is 4.21. The van der Waals surface area contributed by atoms with E-state index in [1.54, 1.807) is 24.2 Å². The Kier molecular flexibility index (Phi) is 3.23. The molecule has 0 saturated carbocycles. The molecule has 0 spiro atoms. The average Bonchev–Trinajstić information content (AvgIpc) is 2.18. The molecule has 1 rings (SSSR count). The SMILES string of the molecule is C=C1/C=C\C=C/CN(C)N=C1C(=O)O. The van der Waals surface area contributed by atoms with E-state index in [1.807, 2.05) is 12.2 Å². The summed E-state index contributed by atoms with van der Waals surface area (Å²) in [7, 11) is 1.71. The molecule has 1 heterocycles. The van der Waals surface area contributed by atoms with Crippen LogP contribution in [0, 0.1) is 0 Å². The molecule has 0 saturated heterocycles. The maximum Gasteiger partial charge on any atom is 0.356 e. The molecule has 0 radical (unpaired) electrons. The van der Waals surface area contributed by atoms with Crippen molar-refractivity contribution in [3.63, 3.8) is 0 Å². The number of aliphatic carboxylic acids is 1. The summed E-state index contributed by atoms with van der Waals surface area (Å²) in [5.41, 5.74) is 0.378. The monoisotopic (exact) mass is 192 g/mol. The van der Waals surface area contributed by atoms with Crippen LogP contribution >= 0.6 is 0 Å². The number of hydrogen-bond acceptors (Lipinski definition) is 3. The lowest BCUT2D eigenvalue weighted by Crippen LogP contribution is -2.21. The Morgan fingerprint density at radius 2 is 2.36 bits per heavy atom. The summed E-state index contributed by atoms with van der Waals surface area (Å²) in [4.78, 5) is 10.8. The zero-order valence-electron chi connectivity index (χ0n) is 7.97. The smallest absolute Gasteiger partial charge is 0.356 e. The summed E-state index contributed by atoms with van der Waals surface area (Å²) >= 11 is 0. The molecule has 1 N–H and O–H groups in total. The third-order valence-electron chi connectivity index (χ3n) is 1.69. The van der Waals surface area contributed by atoms with E-state index in [0.29, 0.717) is 12.1 Å². The second kappa shape index (κ2) is 4.41. The van der Waals surface area contributed by atoms with Crippen LogP contribution in [-0.4, -0.2) is 35.4 Å². The van der Waals surface area contributed by atoms with Crippen molar-refractivity contribution in [2.24, 2.45) is 5.10 Å². The van der Waals surface area contributed by atoms with Gasteiger partial charge in [-0.3, -0.25) is 5.01 Å². The summed E-state index contributed by atoms with van der Waals surface area (Å²) in [5.74, 6) is -1.06. The van der Waals surface area contributed by atoms with Gasteiger partial charge in [-0.2, -0.15) is 5.10 Å². The van der Waals surface area contributed by atoms with Crippen LogP contribution in [0.2, 0.25) is 0 Å². The molecule has 14 heavy (non-hydrogen) atoms. The van der Waals surface area contributed by atoms with Crippen molar-refractivity contribution in [1.82, 2.24) is 5.01 Å². The Balaban J connectivity index is 3.03. The third-order valence-corrected chi connectivity index (χ3v) is 1.69. The first-order chi connectivity index (χ1) is 6.61. The van der Waals surface area contributed by atoms with E-state index in [1.165, 1.54) is 0 Å². The molecule has 4 nitrogen and oxygen atoms in total. The lowest BCUT2D eigenvalue weighted by Gasteiger charge is -2.11. The second-order valence-electron chi connectivity index (χ2n) is 2.91. The Bertz CT molecular complexity index is 340. The van der Waals surface area contributed by atoms with Gasteiger partial charge in [0.1, 0.15) is 0 Å². The molecule has 0 aromatic heterocycles. The Morgan fingerprint density at radius 1 is 1.64 bits per heavy atom. The van der Waals surface area contributed by atoms with Crippen LogP contribution in [0.5, 0.6) is 0 Å². The largest absolute Gasteiger partial charge is 0.476 e. The number of nitrogens with zero attached hydrogens (tertiary/aromatic N) is 2. The molecule has 0 unspecified atom stereocenters. The van der Waals surface area contributed by atoms with E-state index in [0.717, 1.165) is 0 Å². The standard InChI is InChI=1S/C10H12N2O2/c1-8-6-4-3-5-7-12(2)11-9(8)10(13)14/h3-6H,1,7H2,2H3,(H,13,14)/b5-3-,6-4-,11-9?. The fourth-order valence-electron chi connectivity index (χ4n) is 0.999. The van der Waals surface area contributed by atoms with Crippen LogP contribution in [0.15, 0.2) is 41.6 Å². The number of carboxylic acids is 1. The molecule has 0 atom stereocenters. The first kappa shape index (κ1) is 10.2. The van der Waals surface area contributed by atoms with E-state index in [2.05, 4.69) is 11.7 Å². The predicted molar refractivity (Wildman–Crippen MR) is 55.1 cm³/mol. The second-order valence-corrected chi connectivity index (χ2v) is 2.91. The van der Waals surface area contributed by atoms with Gasteiger partial charge in [-0.25, -0.2) is 4.79 Å². The molecule has 1 aliphatic heterocycles. The van der Waals surface area contributed by atoms with Crippen molar-refractivity contribution >= 4 is 11.7 Å².